The van der Waals surface area contributed by atoms with Crippen LogP contribution in [0.25, 0.3) is 5.69 Å². The number of benzene rings is 2. The number of hydrogen-bond donors (Lipinski definition) is 1. The zero-order chi connectivity index (χ0) is 16.4. The number of nitrogens with one attached hydrogen (secondary N) is 1. The van der Waals surface area contributed by atoms with Gasteiger partial charge in [0.25, 0.3) is 5.91 Å². The maximum atomic E-state index is 12.3. The minimum atomic E-state index is -0.304. The molecule has 1 heterocycles. The predicted molar refractivity (Wildman–Crippen MR) is 92.7 cm³/mol. The molecule has 23 heavy (non-hydrogen) atoms. The van der Waals surface area contributed by atoms with E-state index in [4.69, 9.17) is 23.2 Å². The van der Waals surface area contributed by atoms with Gasteiger partial charge in [0.2, 0.25) is 0 Å². The number of rotatable bonds is 3. The third kappa shape index (κ3) is 3.38. The molecule has 0 bridgehead atoms. The van der Waals surface area contributed by atoms with Crippen LogP contribution in [0.5, 0.6) is 0 Å². The van der Waals surface area contributed by atoms with E-state index >= 15 is 0 Å². The van der Waals surface area contributed by atoms with Gasteiger partial charge in [0, 0.05) is 11.4 Å². The fourth-order valence-electron chi connectivity index (χ4n) is 2.19. The number of aromatic nitrogens is 2. The molecule has 0 radical (unpaired) electrons. The smallest absolute Gasteiger partial charge is 0.276 e. The maximum Gasteiger partial charge on any atom is 0.276 e. The summed E-state index contributed by atoms with van der Waals surface area (Å²) in [6, 6.07) is 16.3. The number of para-hydroxylation sites is 1. The summed E-state index contributed by atoms with van der Waals surface area (Å²) in [5.41, 5.74) is 2.67. The van der Waals surface area contributed by atoms with Crippen molar-refractivity contribution in [3.05, 3.63) is 76.0 Å². The summed E-state index contributed by atoms with van der Waals surface area (Å²) >= 11 is 11.8. The van der Waals surface area contributed by atoms with Crippen molar-refractivity contribution in [3.63, 3.8) is 0 Å². The second kappa shape index (κ2) is 6.44. The highest BCUT2D eigenvalue weighted by Crippen LogP contribution is 2.25. The summed E-state index contributed by atoms with van der Waals surface area (Å²) in [5.74, 6) is -0.304. The molecule has 1 amide bonds. The molecule has 0 aliphatic rings. The standard InChI is InChI=1S/C17H13Cl2N3O/c1-11-9-16(21-22(11)13-5-3-2-4-6-13)17(23)20-12-7-8-14(18)15(19)10-12/h2-10H,1H3,(H,20,23). The van der Waals surface area contributed by atoms with Gasteiger partial charge in [0.1, 0.15) is 0 Å². The number of halogens is 2. The molecule has 1 N–H and O–H groups in total. The Labute approximate surface area is 143 Å². The minimum Gasteiger partial charge on any atom is -0.321 e. The first-order valence-corrected chi connectivity index (χ1v) is 7.68. The van der Waals surface area contributed by atoms with Crippen LogP contribution in [0.1, 0.15) is 16.2 Å². The average molecular weight is 346 g/mol. The molecule has 0 aliphatic heterocycles. The number of hydrogen-bond acceptors (Lipinski definition) is 2. The Morgan fingerprint density at radius 3 is 2.48 bits per heavy atom. The average Bonchev–Trinajstić information content (AvgIpc) is 2.94. The van der Waals surface area contributed by atoms with E-state index in [0.29, 0.717) is 21.4 Å². The lowest BCUT2D eigenvalue weighted by Crippen LogP contribution is -2.13. The molecule has 6 heteroatoms. The highest BCUT2D eigenvalue weighted by molar-refractivity contribution is 6.42. The molecular weight excluding hydrogens is 333 g/mol. The lowest BCUT2D eigenvalue weighted by molar-refractivity contribution is 0.102. The normalized spacial score (nSPS) is 10.6. The van der Waals surface area contributed by atoms with E-state index in [0.717, 1.165) is 11.4 Å². The van der Waals surface area contributed by atoms with Crippen LogP contribution in [0.4, 0.5) is 5.69 Å². The topological polar surface area (TPSA) is 46.9 Å². The monoisotopic (exact) mass is 345 g/mol. The lowest BCUT2D eigenvalue weighted by Gasteiger charge is -2.05. The molecular formula is C17H13Cl2N3O. The first kappa shape index (κ1) is 15.6. The van der Waals surface area contributed by atoms with E-state index in [2.05, 4.69) is 10.4 Å². The van der Waals surface area contributed by atoms with E-state index in [1.165, 1.54) is 0 Å². The highest BCUT2D eigenvalue weighted by atomic mass is 35.5. The molecule has 0 fully saturated rings. The number of nitrogens with zero attached hydrogens (tertiary/aromatic N) is 2. The molecule has 2 aromatic carbocycles. The van der Waals surface area contributed by atoms with E-state index in [1.807, 2.05) is 37.3 Å². The molecule has 0 saturated heterocycles. The van der Waals surface area contributed by atoms with Crippen LogP contribution in [0.15, 0.2) is 54.6 Å². The Morgan fingerprint density at radius 2 is 1.78 bits per heavy atom. The summed E-state index contributed by atoms with van der Waals surface area (Å²) in [7, 11) is 0. The second-order valence-electron chi connectivity index (χ2n) is 5.00. The third-order valence-corrected chi connectivity index (χ3v) is 4.04. The molecule has 3 aromatic rings. The second-order valence-corrected chi connectivity index (χ2v) is 5.82. The molecule has 1 aromatic heterocycles. The predicted octanol–water partition coefficient (Wildman–Crippen LogP) is 4.74. The van der Waals surface area contributed by atoms with Gasteiger partial charge in [-0.15, -0.1) is 0 Å². The molecule has 0 unspecified atom stereocenters. The Bertz CT molecular complexity index is 860. The zero-order valence-electron chi connectivity index (χ0n) is 12.3. The molecule has 116 valence electrons. The summed E-state index contributed by atoms with van der Waals surface area (Å²) < 4.78 is 1.73. The highest BCUT2D eigenvalue weighted by Gasteiger charge is 2.14. The van der Waals surface area contributed by atoms with Crippen LogP contribution in [0.3, 0.4) is 0 Å². The van der Waals surface area contributed by atoms with Gasteiger partial charge in [-0.2, -0.15) is 5.10 Å². The molecule has 0 spiro atoms. The lowest BCUT2D eigenvalue weighted by atomic mass is 10.3. The number of amides is 1. The van der Waals surface area contributed by atoms with E-state index in [9.17, 15) is 4.79 Å². The Kier molecular flexibility index (Phi) is 4.37. The van der Waals surface area contributed by atoms with Crippen molar-refractivity contribution >= 4 is 34.8 Å². The SMILES string of the molecule is Cc1cc(C(=O)Nc2ccc(Cl)c(Cl)c2)nn1-c1ccccc1. The van der Waals surface area contributed by atoms with Crippen LogP contribution in [0, 0.1) is 6.92 Å². The number of anilines is 1. The number of carbonyl (C=O) groups is 1. The van der Waals surface area contributed by atoms with Crippen LogP contribution in [-0.2, 0) is 0 Å². The van der Waals surface area contributed by atoms with Gasteiger partial charge in [-0.25, -0.2) is 4.68 Å². The Hall–Kier alpha value is -2.30. The van der Waals surface area contributed by atoms with Gasteiger partial charge in [-0.05, 0) is 43.3 Å². The van der Waals surface area contributed by atoms with Gasteiger partial charge in [0.05, 0.1) is 15.7 Å². The molecule has 4 nitrogen and oxygen atoms in total. The minimum absolute atomic E-state index is 0.304. The fourth-order valence-corrected chi connectivity index (χ4v) is 2.48. The maximum absolute atomic E-state index is 12.3. The molecule has 0 aliphatic carbocycles. The van der Waals surface area contributed by atoms with Crippen LogP contribution in [-0.4, -0.2) is 15.7 Å². The van der Waals surface area contributed by atoms with Crippen molar-refractivity contribution in [2.45, 2.75) is 6.92 Å². The van der Waals surface area contributed by atoms with Crippen molar-refractivity contribution in [2.75, 3.05) is 5.32 Å². The number of aryl methyl sites for hydroxylation is 1. The van der Waals surface area contributed by atoms with Gasteiger partial charge in [0.15, 0.2) is 5.69 Å². The summed E-state index contributed by atoms with van der Waals surface area (Å²) in [6.45, 7) is 1.90. The van der Waals surface area contributed by atoms with Crippen molar-refractivity contribution in [1.82, 2.24) is 9.78 Å². The van der Waals surface area contributed by atoms with Crippen LogP contribution < -0.4 is 5.32 Å². The largest absolute Gasteiger partial charge is 0.321 e. The van der Waals surface area contributed by atoms with Crippen molar-refractivity contribution in [2.24, 2.45) is 0 Å². The Morgan fingerprint density at radius 1 is 1.04 bits per heavy atom. The van der Waals surface area contributed by atoms with Crippen molar-refractivity contribution < 1.29 is 4.79 Å². The first-order valence-electron chi connectivity index (χ1n) is 6.93. The molecule has 0 saturated carbocycles. The van der Waals surface area contributed by atoms with E-state index in [1.54, 1.807) is 28.9 Å². The Balaban J connectivity index is 1.84. The number of carbonyl (C=O) groups excluding carboxylic acids is 1. The van der Waals surface area contributed by atoms with Gasteiger partial charge in [-0.3, -0.25) is 4.79 Å². The van der Waals surface area contributed by atoms with Gasteiger partial charge in [-0.1, -0.05) is 41.4 Å². The van der Waals surface area contributed by atoms with E-state index in [-0.39, 0.29) is 5.91 Å². The first-order chi connectivity index (χ1) is 11.0. The molecule has 3 rings (SSSR count). The summed E-state index contributed by atoms with van der Waals surface area (Å²) in [5, 5.41) is 7.95. The zero-order valence-corrected chi connectivity index (χ0v) is 13.8. The van der Waals surface area contributed by atoms with Gasteiger partial charge < -0.3 is 5.32 Å². The quantitative estimate of drug-likeness (QED) is 0.745. The van der Waals surface area contributed by atoms with Crippen molar-refractivity contribution in [1.29, 1.82) is 0 Å². The van der Waals surface area contributed by atoms with Gasteiger partial charge >= 0.3 is 0 Å². The van der Waals surface area contributed by atoms with Crippen molar-refractivity contribution in [3.8, 4) is 5.69 Å². The molecule has 0 atom stereocenters. The third-order valence-electron chi connectivity index (χ3n) is 3.30. The summed E-state index contributed by atoms with van der Waals surface area (Å²) in [6.07, 6.45) is 0. The summed E-state index contributed by atoms with van der Waals surface area (Å²) in [4.78, 5) is 12.3. The van der Waals surface area contributed by atoms with E-state index < -0.39 is 0 Å². The fraction of sp³-hybridized carbons (Fsp3) is 0.0588. The van der Waals surface area contributed by atoms with Crippen LogP contribution >= 0.6 is 23.2 Å². The van der Waals surface area contributed by atoms with Crippen LogP contribution in [0.2, 0.25) is 10.0 Å².